The van der Waals surface area contributed by atoms with Gasteiger partial charge in [0.15, 0.2) is 5.60 Å². The van der Waals surface area contributed by atoms with Crippen LogP contribution in [-0.2, 0) is 33.0 Å². The van der Waals surface area contributed by atoms with Crippen molar-refractivity contribution in [3.63, 3.8) is 0 Å². The lowest BCUT2D eigenvalue weighted by atomic mass is 9.70. The lowest BCUT2D eigenvalue weighted by Gasteiger charge is -2.42. The predicted molar refractivity (Wildman–Crippen MR) is 177 cm³/mol. The van der Waals surface area contributed by atoms with Gasteiger partial charge in [-0.2, -0.15) is 0 Å². The number of hydrogen-bond acceptors (Lipinski definition) is 7. The second-order valence-electron chi connectivity index (χ2n) is 12.4. The quantitative estimate of drug-likeness (QED) is 0.237. The Labute approximate surface area is 272 Å². The first-order valence-electron chi connectivity index (χ1n) is 15.8. The number of ether oxygens (including phenoxy) is 2. The van der Waals surface area contributed by atoms with Crippen LogP contribution in [0.2, 0.25) is 5.02 Å². The van der Waals surface area contributed by atoms with Gasteiger partial charge in [0.1, 0.15) is 12.4 Å². The zero-order valence-corrected chi connectivity index (χ0v) is 27.5. The number of aliphatic hydroxyl groups excluding tert-OH is 1. The number of fused-ring (bicyclic) bond motifs is 2. The number of anilines is 1. The van der Waals surface area contributed by atoms with Gasteiger partial charge in [-0.25, -0.2) is 4.79 Å². The molecular weight excluding hydrogens is 592 g/mol. The molecule has 2 aromatic rings. The summed E-state index contributed by atoms with van der Waals surface area (Å²) in [5.74, 6) is -0.373. The van der Waals surface area contributed by atoms with E-state index in [-0.39, 0.29) is 23.4 Å². The molecule has 1 amide bonds. The summed E-state index contributed by atoms with van der Waals surface area (Å²) in [5, 5.41) is 23.2. The molecule has 244 valence electrons. The fourth-order valence-corrected chi connectivity index (χ4v) is 6.57. The number of amides is 1. The number of carbonyl (C=O) groups excluding carboxylic acids is 2. The molecular formula is C36H47ClN2O6. The molecule has 9 heteroatoms. The molecule has 45 heavy (non-hydrogen) atoms. The van der Waals surface area contributed by atoms with Crippen LogP contribution in [0.3, 0.4) is 0 Å². The van der Waals surface area contributed by atoms with Crippen LogP contribution in [0.1, 0.15) is 62.1 Å². The number of esters is 1. The molecule has 0 unspecified atom stereocenters. The summed E-state index contributed by atoms with van der Waals surface area (Å²) in [7, 11) is 2.85. The van der Waals surface area contributed by atoms with E-state index in [9.17, 15) is 19.8 Å². The van der Waals surface area contributed by atoms with Crippen LogP contribution in [0.25, 0.3) is 0 Å². The summed E-state index contributed by atoms with van der Waals surface area (Å²) >= 11 is 6.33. The van der Waals surface area contributed by atoms with E-state index in [0.717, 1.165) is 43.2 Å². The first kappa shape index (κ1) is 34.5. The summed E-state index contributed by atoms with van der Waals surface area (Å²) in [6.07, 6.45) is 7.40. The SMILES string of the molecule is C=CC[C@@H](C)N(C)C(=O)C[C@](O)(C(=O)OC)c1ccc2c(c1)N(C[C@@H]1CC[C@H]1[C@@H](O)C=C)CCCCc1cc(Cl)ccc1CO2. The smallest absolute Gasteiger partial charge is 0.343 e. The standard InChI is InChI=1S/C36H47ClN2O6/c1-6-10-24(3)38(4)34(41)21-36(43,35(42)44-5)28-14-17-33-31(20-28)39(22-26-13-16-30(26)32(40)7-2)18-9-8-11-25-19-29(37)15-12-27(25)23-45-33/h6-7,12,14-15,17,19-20,24,26,30,32,40,43H,1-2,8-11,13,16,18,21-23H2,3-5H3/t24-,26+,30-,32+,36-/m1/s1. The average molecular weight is 639 g/mol. The highest BCUT2D eigenvalue weighted by Gasteiger charge is 2.43. The van der Waals surface area contributed by atoms with Crippen molar-refractivity contribution in [2.45, 2.75) is 76.2 Å². The number of aliphatic hydroxyl groups is 2. The van der Waals surface area contributed by atoms with E-state index in [2.05, 4.69) is 18.1 Å². The Kier molecular flexibility index (Phi) is 11.7. The van der Waals surface area contributed by atoms with E-state index in [1.807, 2.05) is 25.1 Å². The van der Waals surface area contributed by atoms with Crippen LogP contribution in [0.5, 0.6) is 5.75 Å². The van der Waals surface area contributed by atoms with Crippen LogP contribution < -0.4 is 9.64 Å². The topological polar surface area (TPSA) is 99.5 Å². The number of hydrogen-bond donors (Lipinski definition) is 2. The van der Waals surface area contributed by atoms with Crippen molar-refractivity contribution in [1.29, 1.82) is 0 Å². The molecule has 1 fully saturated rings. The highest BCUT2D eigenvalue weighted by molar-refractivity contribution is 6.30. The van der Waals surface area contributed by atoms with Crippen molar-refractivity contribution in [1.82, 2.24) is 4.90 Å². The molecule has 1 aliphatic carbocycles. The van der Waals surface area contributed by atoms with Crippen molar-refractivity contribution in [3.8, 4) is 5.75 Å². The molecule has 4 rings (SSSR count). The maximum Gasteiger partial charge on any atom is 0.343 e. The Morgan fingerprint density at radius 2 is 1.98 bits per heavy atom. The molecule has 0 aromatic heterocycles. The van der Waals surface area contributed by atoms with E-state index in [0.29, 0.717) is 42.6 Å². The van der Waals surface area contributed by atoms with Gasteiger partial charge in [-0.15, -0.1) is 13.2 Å². The van der Waals surface area contributed by atoms with Crippen molar-refractivity contribution in [2.75, 3.05) is 32.1 Å². The Morgan fingerprint density at radius 3 is 2.64 bits per heavy atom. The van der Waals surface area contributed by atoms with Crippen LogP contribution in [0, 0.1) is 11.8 Å². The molecule has 2 N–H and O–H groups in total. The molecule has 1 saturated carbocycles. The second kappa shape index (κ2) is 15.3. The number of carbonyl (C=O) groups is 2. The second-order valence-corrected chi connectivity index (χ2v) is 12.9. The van der Waals surface area contributed by atoms with Crippen molar-refractivity contribution in [2.24, 2.45) is 11.8 Å². The molecule has 8 nitrogen and oxygen atoms in total. The van der Waals surface area contributed by atoms with Gasteiger partial charge in [0.2, 0.25) is 5.91 Å². The number of methoxy groups -OCH3 is 1. The number of nitrogens with zero attached hydrogens (tertiary/aromatic N) is 2. The minimum Gasteiger partial charge on any atom is -0.487 e. The van der Waals surface area contributed by atoms with Gasteiger partial charge in [0.25, 0.3) is 0 Å². The largest absolute Gasteiger partial charge is 0.487 e. The monoisotopic (exact) mass is 638 g/mol. The van der Waals surface area contributed by atoms with Gasteiger partial charge >= 0.3 is 5.97 Å². The van der Waals surface area contributed by atoms with Gasteiger partial charge in [0.05, 0.1) is 25.3 Å². The van der Waals surface area contributed by atoms with Crippen molar-refractivity contribution < 1.29 is 29.3 Å². The maximum atomic E-state index is 13.4. The molecule has 5 atom stereocenters. The van der Waals surface area contributed by atoms with E-state index in [4.69, 9.17) is 21.1 Å². The summed E-state index contributed by atoms with van der Waals surface area (Å²) < 4.78 is 11.5. The minimum atomic E-state index is -2.22. The Balaban J connectivity index is 1.75. The Bertz CT molecular complexity index is 1380. The lowest BCUT2D eigenvalue weighted by molar-refractivity contribution is -0.168. The highest BCUT2D eigenvalue weighted by Crippen LogP contribution is 2.42. The zero-order valence-electron chi connectivity index (χ0n) is 26.7. The molecule has 2 aliphatic rings. The minimum absolute atomic E-state index is 0.109. The summed E-state index contributed by atoms with van der Waals surface area (Å²) in [6, 6.07) is 10.8. The molecule has 2 aromatic carbocycles. The Hall–Kier alpha value is -3.33. The summed E-state index contributed by atoms with van der Waals surface area (Å²) in [5.41, 5.74) is 0.937. The number of benzene rings is 2. The average Bonchev–Trinajstić information content (AvgIpc) is 3.05. The molecule has 0 spiro atoms. The third kappa shape index (κ3) is 7.91. The molecule has 0 bridgehead atoms. The van der Waals surface area contributed by atoms with Crippen LogP contribution in [-0.4, -0.2) is 66.4 Å². The van der Waals surface area contributed by atoms with Gasteiger partial charge in [0, 0.05) is 31.2 Å². The fourth-order valence-electron chi connectivity index (χ4n) is 6.37. The van der Waals surface area contributed by atoms with Gasteiger partial charge in [-0.05, 0) is 98.2 Å². The number of halogens is 1. The fraction of sp³-hybridized carbons (Fsp3) is 0.500. The predicted octanol–water partition coefficient (Wildman–Crippen LogP) is 5.81. The first-order valence-corrected chi connectivity index (χ1v) is 16.2. The van der Waals surface area contributed by atoms with Crippen LogP contribution >= 0.6 is 11.6 Å². The van der Waals surface area contributed by atoms with Crippen molar-refractivity contribution >= 4 is 29.2 Å². The zero-order chi connectivity index (χ0) is 32.7. The van der Waals surface area contributed by atoms with Gasteiger partial charge in [-0.3, -0.25) is 4.79 Å². The molecule has 0 radical (unpaired) electrons. The molecule has 0 saturated heterocycles. The lowest BCUT2D eigenvalue weighted by Crippen LogP contribution is -2.45. The van der Waals surface area contributed by atoms with E-state index >= 15 is 0 Å². The normalized spacial score (nSPS) is 20.8. The van der Waals surface area contributed by atoms with E-state index in [1.165, 1.54) is 12.0 Å². The highest BCUT2D eigenvalue weighted by atomic mass is 35.5. The summed E-state index contributed by atoms with van der Waals surface area (Å²) in [6.45, 7) is 11.1. The van der Waals surface area contributed by atoms with E-state index < -0.39 is 30.0 Å². The molecule has 1 aliphatic heterocycles. The number of aryl methyl sites for hydroxylation is 1. The van der Waals surface area contributed by atoms with E-state index in [1.54, 1.807) is 37.4 Å². The van der Waals surface area contributed by atoms with Gasteiger partial charge < -0.3 is 29.5 Å². The summed E-state index contributed by atoms with van der Waals surface area (Å²) in [4.78, 5) is 30.3. The first-order chi connectivity index (χ1) is 21.5. The third-order valence-corrected chi connectivity index (χ3v) is 9.79. The third-order valence-electron chi connectivity index (χ3n) is 9.56. The van der Waals surface area contributed by atoms with Crippen molar-refractivity contribution in [3.05, 3.63) is 83.4 Å². The van der Waals surface area contributed by atoms with Crippen LogP contribution in [0.4, 0.5) is 5.69 Å². The van der Waals surface area contributed by atoms with Gasteiger partial charge in [-0.1, -0.05) is 35.9 Å². The molecule has 1 heterocycles. The maximum absolute atomic E-state index is 13.4. The number of rotatable bonds is 11. The Morgan fingerprint density at radius 1 is 1.20 bits per heavy atom. The van der Waals surface area contributed by atoms with Crippen LogP contribution in [0.15, 0.2) is 61.7 Å².